The van der Waals surface area contributed by atoms with E-state index in [1.165, 1.54) is 4.90 Å². The van der Waals surface area contributed by atoms with Crippen LogP contribution in [0.3, 0.4) is 0 Å². The summed E-state index contributed by atoms with van der Waals surface area (Å²) in [4.78, 5) is 23.4. The van der Waals surface area contributed by atoms with E-state index in [4.69, 9.17) is 9.84 Å². The first-order chi connectivity index (χ1) is 7.16. The fourth-order valence-corrected chi connectivity index (χ4v) is 3.10. The number of carboxylic acid groups (broad SMARTS) is 1. The molecule has 2 fully saturated rings. The van der Waals surface area contributed by atoms with E-state index in [0.717, 1.165) is 17.9 Å². The number of ether oxygens (including phenoxy) is 1. The normalized spacial score (nSPS) is 30.7. The smallest absolute Gasteiger partial charge is 0.410 e. The van der Waals surface area contributed by atoms with Gasteiger partial charge in [-0.25, -0.2) is 9.59 Å². The number of hydrogen-bond acceptors (Lipinski definition) is 4. The first-order valence-electron chi connectivity index (χ1n) is 4.93. The van der Waals surface area contributed by atoms with Crippen molar-refractivity contribution in [3.8, 4) is 0 Å². The lowest BCUT2D eigenvalue weighted by Gasteiger charge is -2.16. The van der Waals surface area contributed by atoms with Gasteiger partial charge in [-0.2, -0.15) is 11.8 Å². The van der Waals surface area contributed by atoms with Gasteiger partial charge in [-0.3, -0.25) is 0 Å². The van der Waals surface area contributed by atoms with Crippen molar-refractivity contribution in [2.24, 2.45) is 5.92 Å². The second-order valence-corrected chi connectivity index (χ2v) is 5.00. The number of carboxylic acids is 1. The van der Waals surface area contributed by atoms with Crippen molar-refractivity contribution >= 4 is 23.8 Å². The molecule has 2 saturated heterocycles. The summed E-state index contributed by atoms with van der Waals surface area (Å²) in [5.74, 6) is 1.62. The van der Waals surface area contributed by atoms with Crippen LogP contribution in [0.2, 0.25) is 0 Å². The molecule has 2 atom stereocenters. The quantitative estimate of drug-likeness (QED) is 0.772. The summed E-state index contributed by atoms with van der Waals surface area (Å²) in [6.45, 7) is 0.824. The third-order valence-corrected chi connectivity index (χ3v) is 3.90. The molecule has 5 nitrogen and oxygen atoms in total. The van der Waals surface area contributed by atoms with E-state index in [-0.39, 0.29) is 6.54 Å². The number of thioether (sulfide) groups is 1. The maximum Gasteiger partial charge on any atom is 0.410 e. The minimum atomic E-state index is -1.06. The Balaban J connectivity index is 1.87. The second kappa shape index (κ2) is 4.30. The summed E-state index contributed by atoms with van der Waals surface area (Å²) in [5.41, 5.74) is 0. The Morgan fingerprint density at radius 1 is 1.67 bits per heavy atom. The maximum atomic E-state index is 11.3. The van der Waals surface area contributed by atoms with Gasteiger partial charge in [0, 0.05) is 6.54 Å². The van der Waals surface area contributed by atoms with E-state index in [1.54, 1.807) is 0 Å². The highest BCUT2D eigenvalue weighted by Crippen LogP contribution is 2.25. The highest BCUT2D eigenvalue weighted by atomic mass is 32.2. The lowest BCUT2D eigenvalue weighted by molar-refractivity contribution is -0.144. The van der Waals surface area contributed by atoms with Crippen LogP contribution in [-0.2, 0) is 9.53 Å². The Bertz CT molecular complexity index is 277. The van der Waals surface area contributed by atoms with Crippen LogP contribution in [0.5, 0.6) is 0 Å². The van der Waals surface area contributed by atoms with Crippen LogP contribution < -0.4 is 0 Å². The van der Waals surface area contributed by atoms with Gasteiger partial charge in [0.1, 0.15) is 0 Å². The zero-order valence-corrected chi connectivity index (χ0v) is 9.03. The molecule has 0 spiro atoms. The average Bonchev–Trinajstić information content (AvgIpc) is 2.77. The Labute approximate surface area is 91.8 Å². The van der Waals surface area contributed by atoms with Crippen LogP contribution in [0.25, 0.3) is 0 Å². The number of carbonyl (C=O) groups excluding carboxylic acids is 1. The van der Waals surface area contributed by atoms with Crippen LogP contribution in [0, 0.1) is 5.92 Å². The molecule has 1 unspecified atom stereocenters. The van der Waals surface area contributed by atoms with Crippen LogP contribution in [0.15, 0.2) is 0 Å². The van der Waals surface area contributed by atoms with E-state index >= 15 is 0 Å². The molecule has 0 aliphatic carbocycles. The van der Waals surface area contributed by atoms with Crippen molar-refractivity contribution in [1.82, 2.24) is 4.90 Å². The number of nitrogens with zero attached hydrogens (tertiary/aromatic N) is 1. The summed E-state index contributed by atoms with van der Waals surface area (Å²) >= 11 is 1.88. The highest BCUT2D eigenvalue weighted by Gasteiger charge is 2.37. The van der Waals surface area contributed by atoms with E-state index in [9.17, 15) is 9.59 Å². The predicted octanol–water partition coefficient (Wildman–Crippen LogP) is 0.645. The maximum absolute atomic E-state index is 11.3. The Hall–Kier alpha value is -0.910. The van der Waals surface area contributed by atoms with Gasteiger partial charge >= 0.3 is 12.1 Å². The summed E-state index contributed by atoms with van der Waals surface area (Å²) in [7, 11) is 0. The molecular weight excluding hydrogens is 218 g/mol. The van der Waals surface area contributed by atoms with E-state index in [1.807, 2.05) is 11.8 Å². The lowest BCUT2D eigenvalue weighted by Crippen LogP contribution is -2.32. The van der Waals surface area contributed by atoms with Gasteiger partial charge in [0.15, 0.2) is 0 Å². The monoisotopic (exact) mass is 231 g/mol. The van der Waals surface area contributed by atoms with Gasteiger partial charge in [0.25, 0.3) is 0 Å². The predicted molar refractivity (Wildman–Crippen MR) is 54.9 cm³/mol. The number of cyclic esters (lactones) is 1. The van der Waals surface area contributed by atoms with E-state index < -0.39 is 18.2 Å². The average molecular weight is 231 g/mol. The summed E-state index contributed by atoms with van der Waals surface area (Å²) in [6, 6.07) is 0. The molecule has 6 heteroatoms. The van der Waals surface area contributed by atoms with Crippen molar-refractivity contribution < 1.29 is 19.4 Å². The molecule has 0 radical (unpaired) electrons. The Morgan fingerprint density at radius 2 is 2.47 bits per heavy atom. The molecule has 2 aliphatic heterocycles. The minimum absolute atomic E-state index is 0.190. The molecule has 0 aromatic heterocycles. The largest absolute Gasteiger partial charge is 0.478 e. The fourth-order valence-electron chi connectivity index (χ4n) is 1.82. The highest BCUT2D eigenvalue weighted by molar-refractivity contribution is 7.99. The number of amides is 1. The van der Waals surface area contributed by atoms with Crippen LogP contribution in [0.4, 0.5) is 4.79 Å². The van der Waals surface area contributed by atoms with Crippen molar-refractivity contribution in [2.75, 3.05) is 24.6 Å². The molecule has 15 heavy (non-hydrogen) atoms. The molecule has 0 aromatic carbocycles. The van der Waals surface area contributed by atoms with Gasteiger partial charge in [-0.05, 0) is 23.8 Å². The number of rotatable bonds is 3. The summed E-state index contributed by atoms with van der Waals surface area (Å²) in [6.07, 6.45) is -0.363. The number of aliphatic carboxylic acids is 1. The van der Waals surface area contributed by atoms with Crippen molar-refractivity contribution in [3.05, 3.63) is 0 Å². The molecule has 0 aromatic rings. The second-order valence-electron chi connectivity index (χ2n) is 3.85. The topological polar surface area (TPSA) is 66.8 Å². The third kappa shape index (κ3) is 2.37. The zero-order chi connectivity index (χ0) is 10.8. The molecule has 0 bridgehead atoms. The SMILES string of the molecule is O=C(O)[C@H]1CN(CC2CCSC2)C(=O)O1. The van der Waals surface area contributed by atoms with Crippen LogP contribution >= 0.6 is 11.8 Å². The van der Waals surface area contributed by atoms with Crippen molar-refractivity contribution in [1.29, 1.82) is 0 Å². The van der Waals surface area contributed by atoms with Gasteiger partial charge in [0.2, 0.25) is 6.10 Å². The Kier molecular flexibility index (Phi) is 3.04. The van der Waals surface area contributed by atoms with Crippen molar-refractivity contribution in [2.45, 2.75) is 12.5 Å². The molecule has 1 N–H and O–H groups in total. The number of hydrogen-bond donors (Lipinski definition) is 1. The molecule has 2 aliphatic rings. The first-order valence-corrected chi connectivity index (χ1v) is 6.08. The molecule has 2 rings (SSSR count). The molecule has 2 heterocycles. The van der Waals surface area contributed by atoms with Gasteiger partial charge in [0.05, 0.1) is 6.54 Å². The standard InChI is InChI=1S/C9H13NO4S/c11-8(12)7-4-10(9(13)14-7)3-6-1-2-15-5-6/h6-7H,1-5H2,(H,11,12)/t6?,7-/m1/s1. The van der Waals surface area contributed by atoms with Gasteiger partial charge in [-0.1, -0.05) is 0 Å². The first kappa shape index (κ1) is 10.6. The minimum Gasteiger partial charge on any atom is -0.478 e. The van der Waals surface area contributed by atoms with Crippen molar-refractivity contribution in [3.63, 3.8) is 0 Å². The number of carbonyl (C=O) groups is 2. The molecule has 0 saturated carbocycles. The van der Waals surface area contributed by atoms with Gasteiger partial charge < -0.3 is 14.7 Å². The molecule has 84 valence electrons. The summed E-state index contributed by atoms with van der Waals surface area (Å²) in [5, 5.41) is 8.70. The van der Waals surface area contributed by atoms with Gasteiger partial charge in [-0.15, -0.1) is 0 Å². The zero-order valence-electron chi connectivity index (χ0n) is 8.22. The summed E-state index contributed by atoms with van der Waals surface area (Å²) < 4.78 is 4.73. The van der Waals surface area contributed by atoms with E-state index in [0.29, 0.717) is 12.5 Å². The fraction of sp³-hybridized carbons (Fsp3) is 0.778. The van der Waals surface area contributed by atoms with Crippen LogP contribution in [-0.4, -0.2) is 52.8 Å². The molecular formula is C9H13NO4S. The van der Waals surface area contributed by atoms with E-state index in [2.05, 4.69) is 0 Å². The Morgan fingerprint density at radius 3 is 3.00 bits per heavy atom. The third-order valence-electron chi connectivity index (χ3n) is 2.67. The molecule has 1 amide bonds. The lowest BCUT2D eigenvalue weighted by atomic mass is 10.1. The van der Waals surface area contributed by atoms with Crippen LogP contribution in [0.1, 0.15) is 6.42 Å².